The zero-order valence-electron chi connectivity index (χ0n) is 13.3. The number of hydrogen-bond donors (Lipinski definition) is 2. The Labute approximate surface area is 123 Å². The molecule has 1 rings (SSSR count). The molecule has 0 saturated heterocycles. The van der Waals surface area contributed by atoms with E-state index in [1.165, 1.54) is 50.5 Å². The van der Waals surface area contributed by atoms with Crippen molar-refractivity contribution in [3.8, 4) is 0 Å². The molecule has 0 radical (unpaired) electrons. The zero-order valence-corrected chi connectivity index (χ0v) is 13.3. The van der Waals surface area contributed by atoms with Crippen LogP contribution in [0, 0.1) is 6.92 Å². The number of unbranched alkanes of at least 4 members (excludes halogenated alkanes) is 5. The van der Waals surface area contributed by atoms with Gasteiger partial charge in [-0.25, -0.2) is 4.98 Å². The number of aryl methyl sites for hydroxylation is 1. The molecule has 4 nitrogen and oxygen atoms in total. The maximum Gasteiger partial charge on any atom is 0.222 e. The quantitative estimate of drug-likeness (QED) is 0.633. The molecule has 0 saturated carbocycles. The highest BCUT2D eigenvalue weighted by Gasteiger charge is 2.10. The minimum atomic E-state index is 0.373. The molecule has 1 heterocycles. The first-order valence-electron chi connectivity index (χ1n) is 8.05. The van der Waals surface area contributed by atoms with E-state index in [4.69, 9.17) is 5.73 Å². The maximum absolute atomic E-state index is 5.77. The van der Waals surface area contributed by atoms with Crippen molar-refractivity contribution in [2.24, 2.45) is 0 Å². The summed E-state index contributed by atoms with van der Waals surface area (Å²) in [7, 11) is 0. The number of hydrogen-bond acceptors (Lipinski definition) is 4. The van der Waals surface area contributed by atoms with Crippen LogP contribution in [0.2, 0.25) is 0 Å². The van der Waals surface area contributed by atoms with Crippen LogP contribution >= 0.6 is 0 Å². The second-order valence-electron chi connectivity index (χ2n) is 5.44. The Hall–Kier alpha value is -1.32. The van der Waals surface area contributed by atoms with Crippen LogP contribution in [-0.2, 0) is 6.42 Å². The standard InChI is InChI=1S/C16H30N4/c1-4-6-8-9-11-14-13(3)19-16(17)20-15(14)18-12-10-7-5-2/h4-12H2,1-3H3,(H3,17,18,19,20). The number of rotatable bonds is 10. The maximum atomic E-state index is 5.77. The van der Waals surface area contributed by atoms with Crippen molar-refractivity contribution in [3.63, 3.8) is 0 Å². The van der Waals surface area contributed by atoms with Crippen LogP contribution in [0.15, 0.2) is 0 Å². The van der Waals surface area contributed by atoms with Gasteiger partial charge in [0, 0.05) is 17.8 Å². The summed E-state index contributed by atoms with van der Waals surface area (Å²) in [5.74, 6) is 1.32. The van der Waals surface area contributed by atoms with Gasteiger partial charge in [-0.3, -0.25) is 0 Å². The fourth-order valence-corrected chi connectivity index (χ4v) is 2.37. The number of nitrogens with zero attached hydrogens (tertiary/aromatic N) is 2. The van der Waals surface area contributed by atoms with Gasteiger partial charge in [0.15, 0.2) is 0 Å². The van der Waals surface area contributed by atoms with E-state index < -0.39 is 0 Å². The molecule has 0 amide bonds. The molecule has 0 aliphatic heterocycles. The molecule has 0 aliphatic carbocycles. The van der Waals surface area contributed by atoms with Crippen LogP contribution in [0.5, 0.6) is 0 Å². The summed E-state index contributed by atoms with van der Waals surface area (Å²) < 4.78 is 0. The van der Waals surface area contributed by atoms with E-state index in [1.54, 1.807) is 0 Å². The monoisotopic (exact) mass is 278 g/mol. The zero-order chi connectivity index (χ0) is 14.8. The predicted molar refractivity (Wildman–Crippen MR) is 87.0 cm³/mol. The third-order valence-electron chi connectivity index (χ3n) is 3.58. The summed E-state index contributed by atoms with van der Waals surface area (Å²) in [6.45, 7) is 7.44. The van der Waals surface area contributed by atoms with Crippen molar-refractivity contribution >= 4 is 11.8 Å². The average Bonchev–Trinajstić information content (AvgIpc) is 2.41. The van der Waals surface area contributed by atoms with Gasteiger partial charge in [0.05, 0.1) is 0 Å². The first-order valence-corrected chi connectivity index (χ1v) is 8.05. The van der Waals surface area contributed by atoms with Gasteiger partial charge in [-0.2, -0.15) is 4.98 Å². The van der Waals surface area contributed by atoms with E-state index in [-0.39, 0.29) is 0 Å². The Morgan fingerprint density at radius 1 is 0.950 bits per heavy atom. The van der Waals surface area contributed by atoms with Crippen LogP contribution < -0.4 is 11.1 Å². The highest BCUT2D eigenvalue weighted by molar-refractivity contribution is 5.49. The fourth-order valence-electron chi connectivity index (χ4n) is 2.37. The Kier molecular flexibility index (Phi) is 8.00. The molecule has 0 atom stereocenters. The number of nitrogen functional groups attached to an aromatic ring is 1. The fraction of sp³-hybridized carbons (Fsp3) is 0.750. The van der Waals surface area contributed by atoms with Crippen molar-refractivity contribution in [3.05, 3.63) is 11.3 Å². The summed E-state index contributed by atoms with van der Waals surface area (Å²) in [6.07, 6.45) is 9.74. The molecule has 4 heteroatoms. The summed E-state index contributed by atoms with van der Waals surface area (Å²) in [5, 5.41) is 3.44. The van der Waals surface area contributed by atoms with E-state index in [2.05, 4.69) is 29.1 Å². The van der Waals surface area contributed by atoms with E-state index in [9.17, 15) is 0 Å². The lowest BCUT2D eigenvalue weighted by Crippen LogP contribution is -2.11. The van der Waals surface area contributed by atoms with Gasteiger partial charge in [-0.05, 0) is 26.2 Å². The second kappa shape index (κ2) is 9.56. The van der Waals surface area contributed by atoms with Crippen LogP contribution in [0.3, 0.4) is 0 Å². The van der Waals surface area contributed by atoms with E-state index in [1.807, 2.05) is 6.92 Å². The third kappa shape index (κ3) is 5.76. The smallest absolute Gasteiger partial charge is 0.222 e. The molecule has 0 fully saturated rings. The first kappa shape index (κ1) is 16.7. The van der Waals surface area contributed by atoms with Crippen molar-refractivity contribution in [2.45, 2.75) is 72.1 Å². The molecule has 0 aromatic carbocycles. The van der Waals surface area contributed by atoms with Crippen molar-refractivity contribution < 1.29 is 0 Å². The predicted octanol–water partition coefficient (Wildman–Crippen LogP) is 4.09. The van der Waals surface area contributed by atoms with Crippen molar-refractivity contribution in [2.75, 3.05) is 17.6 Å². The van der Waals surface area contributed by atoms with Crippen molar-refractivity contribution in [1.29, 1.82) is 0 Å². The Bertz CT molecular complexity index is 390. The average molecular weight is 278 g/mol. The van der Waals surface area contributed by atoms with Crippen molar-refractivity contribution in [1.82, 2.24) is 9.97 Å². The molecule has 3 N–H and O–H groups in total. The summed E-state index contributed by atoms with van der Waals surface area (Å²) in [5.41, 5.74) is 8.04. The summed E-state index contributed by atoms with van der Waals surface area (Å²) in [4.78, 5) is 8.69. The molecule has 0 bridgehead atoms. The summed E-state index contributed by atoms with van der Waals surface area (Å²) >= 11 is 0. The molecule has 114 valence electrons. The molecular formula is C16H30N4. The van der Waals surface area contributed by atoms with Crippen LogP contribution in [0.4, 0.5) is 11.8 Å². The Morgan fingerprint density at radius 3 is 2.35 bits per heavy atom. The van der Waals surface area contributed by atoms with Gasteiger partial charge >= 0.3 is 0 Å². The number of aromatic nitrogens is 2. The first-order chi connectivity index (χ1) is 9.69. The van der Waals surface area contributed by atoms with E-state index in [0.717, 1.165) is 24.5 Å². The lowest BCUT2D eigenvalue weighted by Gasteiger charge is -2.13. The number of nitrogens with one attached hydrogen (secondary N) is 1. The summed E-state index contributed by atoms with van der Waals surface area (Å²) in [6, 6.07) is 0. The Morgan fingerprint density at radius 2 is 1.65 bits per heavy atom. The van der Waals surface area contributed by atoms with Gasteiger partial charge in [0.2, 0.25) is 5.95 Å². The van der Waals surface area contributed by atoms with Crippen LogP contribution in [0.1, 0.15) is 70.1 Å². The molecule has 0 unspecified atom stereocenters. The van der Waals surface area contributed by atoms with Gasteiger partial charge in [0.1, 0.15) is 5.82 Å². The number of anilines is 2. The highest BCUT2D eigenvalue weighted by Crippen LogP contribution is 2.20. The van der Waals surface area contributed by atoms with Gasteiger partial charge in [0.25, 0.3) is 0 Å². The molecule has 0 spiro atoms. The minimum absolute atomic E-state index is 0.373. The van der Waals surface area contributed by atoms with Gasteiger partial charge < -0.3 is 11.1 Å². The molecule has 1 aromatic heterocycles. The van der Waals surface area contributed by atoms with E-state index >= 15 is 0 Å². The Balaban J connectivity index is 2.63. The highest BCUT2D eigenvalue weighted by atomic mass is 15.1. The van der Waals surface area contributed by atoms with Gasteiger partial charge in [-0.15, -0.1) is 0 Å². The third-order valence-corrected chi connectivity index (χ3v) is 3.58. The molecule has 20 heavy (non-hydrogen) atoms. The molecule has 1 aromatic rings. The second-order valence-corrected chi connectivity index (χ2v) is 5.44. The molecular weight excluding hydrogens is 248 g/mol. The lowest BCUT2D eigenvalue weighted by molar-refractivity contribution is 0.663. The van der Waals surface area contributed by atoms with Gasteiger partial charge in [-0.1, -0.05) is 46.0 Å². The normalized spacial score (nSPS) is 10.8. The minimum Gasteiger partial charge on any atom is -0.370 e. The van der Waals surface area contributed by atoms with E-state index in [0.29, 0.717) is 5.95 Å². The van der Waals surface area contributed by atoms with Crippen LogP contribution in [0.25, 0.3) is 0 Å². The topological polar surface area (TPSA) is 63.8 Å². The largest absolute Gasteiger partial charge is 0.370 e. The van der Waals surface area contributed by atoms with Crippen LogP contribution in [-0.4, -0.2) is 16.5 Å². The number of nitrogens with two attached hydrogens (primary N) is 1. The lowest BCUT2D eigenvalue weighted by atomic mass is 10.1. The SMILES string of the molecule is CCCCCCc1c(C)nc(N)nc1NCCCCC. The molecule has 0 aliphatic rings.